The quantitative estimate of drug-likeness (QED) is 0.173. The third-order valence-electron chi connectivity index (χ3n) is 20.4. The number of fused-ring (bicyclic) bond motifs is 5. The maximum Gasteiger partial charge on any atom is 0.145 e. The van der Waals surface area contributed by atoms with Crippen molar-refractivity contribution in [2.24, 2.45) is 5.92 Å². The van der Waals surface area contributed by atoms with E-state index >= 15 is 0 Å². The first-order valence-electron chi connectivity index (χ1n) is 27.5. The molecule has 356 valence electrons. The number of phenolic OH excluding ortho intramolecular Hbond substituents is 2. The van der Waals surface area contributed by atoms with E-state index < -0.39 is 0 Å². The van der Waals surface area contributed by atoms with E-state index in [2.05, 4.69) is 138 Å². The Hall–Kier alpha value is -4.83. The molecule has 0 amide bonds. The summed E-state index contributed by atoms with van der Waals surface area (Å²) < 4.78 is 7.88. The Morgan fingerprint density at radius 2 is 0.944 bits per heavy atom. The van der Waals surface area contributed by atoms with Gasteiger partial charge in [0.25, 0.3) is 0 Å². The number of rotatable bonds is 8. The van der Waals surface area contributed by atoms with Gasteiger partial charge in [-0.3, -0.25) is 0 Å². The van der Waals surface area contributed by atoms with Gasteiger partial charge in [0.2, 0.25) is 0 Å². The van der Waals surface area contributed by atoms with Gasteiger partial charge in [-0.05, 0) is 244 Å². The molecular formula is C61H73B7O3. The second kappa shape index (κ2) is 16.6. The molecular weight excluding hydrogens is 856 g/mol. The van der Waals surface area contributed by atoms with Crippen LogP contribution in [0.4, 0.5) is 0 Å². The van der Waals surface area contributed by atoms with Crippen molar-refractivity contribution in [3.8, 4) is 22.6 Å². The fraction of sp³-hybridized carbons (Fsp3) is 0.410. The second-order valence-electron chi connectivity index (χ2n) is 23.9. The van der Waals surface area contributed by atoms with Crippen molar-refractivity contribution < 1.29 is 14.6 Å². The van der Waals surface area contributed by atoms with Crippen LogP contribution in [-0.4, -0.2) is 65.1 Å². The lowest BCUT2D eigenvalue weighted by Crippen LogP contribution is -2.38. The lowest BCUT2D eigenvalue weighted by molar-refractivity contribution is 0.446. The normalized spacial score (nSPS) is 18.2. The minimum Gasteiger partial charge on any atom is -0.508 e. The molecule has 2 atom stereocenters. The van der Waals surface area contributed by atoms with Gasteiger partial charge < -0.3 is 14.6 Å². The number of benzene rings is 6. The predicted molar refractivity (Wildman–Crippen MR) is 325 cm³/mol. The summed E-state index contributed by atoms with van der Waals surface area (Å²) in [5, 5.41) is 31.9. The molecule has 4 aliphatic carbocycles. The maximum atomic E-state index is 13.1. The number of furan rings is 1. The topological polar surface area (TPSA) is 53.6 Å². The van der Waals surface area contributed by atoms with E-state index in [-0.39, 0.29) is 11.8 Å². The van der Waals surface area contributed by atoms with Crippen molar-refractivity contribution in [1.29, 1.82) is 0 Å². The van der Waals surface area contributed by atoms with Crippen LogP contribution in [0.2, 0.25) is 0 Å². The van der Waals surface area contributed by atoms with Crippen LogP contribution in [0.5, 0.6) is 11.5 Å². The minimum atomic E-state index is -0.282. The van der Waals surface area contributed by atoms with E-state index in [0.29, 0.717) is 29.3 Å². The number of phenols is 2. The number of allylic oxidation sites excluding steroid dienone is 2. The summed E-state index contributed by atoms with van der Waals surface area (Å²) >= 11 is 0. The molecule has 0 bridgehead atoms. The molecule has 1 heterocycles. The molecule has 2 N–H and O–H groups in total. The van der Waals surface area contributed by atoms with Gasteiger partial charge in [0.15, 0.2) is 0 Å². The van der Waals surface area contributed by atoms with Crippen LogP contribution in [0.1, 0.15) is 177 Å². The molecule has 0 saturated heterocycles. The SMILES string of the molecule is Bc1c(B)c(O)c(C2C(CCC)=C(C3CC3)c3c(oc4c(C)c(C)c(O)c(B)c34)C2c2c3c(B)c(C)c(C)c(C)c3c(-c3c(B)c(B)c(C4CC4)c(C)c3B)c3c(C)c(C)c(C)c(C4CC4)c23)c(C)c1C. The Morgan fingerprint density at radius 3 is 1.54 bits per heavy atom. The van der Waals surface area contributed by atoms with Crippen LogP contribution in [-0.2, 0) is 0 Å². The van der Waals surface area contributed by atoms with Crippen LogP contribution in [0.25, 0.3) is 49.2 Å². The molecule has 0 spiro atoms. The Balaban J connectivity index is 1.47. The Bertz CT molecular complexity index is 3580. The van der Waals surface area contributed by atoms with Crippen LogP contribution in [0.15, 0.2) is 9.99 Å². The molecule has 0 aliphatic heterocycles. The molecule has 71 heavy (non-hydrogen) atoms. The summed E-state index contributed by atoms with van der Waals surface area (Å²) in [5.41, 5.74) is 36.3. The van der Waals surface area contributed by atoms with Crippen molar-refractivity contribution in [3.63, 3.8) is 0 Å². The average Bonchev–Trinajstić information content (AvgIpc) is 4.21. The maximum absolute atomic E-state index is 13.1. The molecule has 3 saturated carbocycles. The van der Waals surface area contributed by atoms with Crippen molar-refractivity contribution in [2.75, 3.05) is 0 Å². The first-order chi connectivity index (χ1) is 33.6. The summed E-state index contributed by atoms with van der Waals surface area (Å²) in [4.78, 5) is 0. The highest BCUT2D eigenvalue weighted by Gasteiger charge is 2.49. The second-order valence-corrected chi connectivity index (χ2v) is 23.9. The summed E-state index contributed by atoms with van der Waals surface area (Å²) in [5.74, 6) is 2.89. The lowest BCUT2D eigenvalue weighted by atomic mass is 9.60. The molecule has 0 radical (unpaired) electrons. The zero-order chi connectivity index (χ0) is 51.0. The van der Waals surface area contributed by atoms with Crippen molar-refractivity contribution in [3.05, 3.63) is 100 Å². The predicted octanol–water partition coefficient (Wildman–Crippen LogP) is 4.67. The lowest BCUT2D eigenvalue weighted by Gasteiger charge is -2.40. The van der Waals surface area contributed by atoms with Gasteiger partial charge >= 0.3 is 0 Å². The Morgan fingerprint density at radius 1 is 0.394 bits per heavy atom. The monoisotopic (exact) mass is 931 g/mol. The highest BCUT2D eigenvalue weighted by atomic mass is 16.3. The highest BCUT2D eigenvalue weighted by Crippen LogP contribution is 2.64. The summed E-state index contributed by atoms with van der Waals surface area (Å²) in [6.45, 7) is 27.9. The van der Waals surface area contributed by atoms with Gasteiger partial charge in [-0.25, -0.2) is 0 Å². The number of aromatic hydroxyl groups is 2. The van der Waals surface area contributed by atoms with E-state index in [1.165, 1.54) is 164 Å². The first kappa shape index (κ1) is 48.4. The summed E-state index contributed by atoms with van der Waals surface area (Å²) in [6, 6.07) is 0. The smallest absolute Gasteiger partial charge is 0.145 e. The van der Waals surface area contributed by atoms with Crippen molar-refractivity contribution in [2.45, 2.75) is 158 Å². The van der Waals surface area contributed by atoms with Gasteiger partial charge in [0, 0.05) is 22.4 Å². The van der Waals surface area contributed by atoms with E-state index in [9.17, 15) is 10.2 Å². The largest absolute Gasteiger partial charge is 0.508 e. The van der Waals surface area contributed by atoms with Gasteiger partial charge in [0.05, 0.1) is 5.92 Å². The number of hydrogen-bond donors (Lipinski definition) is 2. The fourth-order valence-corrected chi connectivity index (χ4v) is 14.9. The van der Waals surface area contributed by atoms with E-state index in [1.54, 1.807) is 5.56 Å². The standard InChI is InChI=1S/C61H73B7O3/c1-13-14-35-41(34-19-20-34)47-50-56(67)58(69)29(10)30(11)60(50)71-61(47)48(42(35)40-26(7)28(9)53(64)57(68)59(40)70)45-43-36(32-15-16-32)23(4)21(2)24(5)38(43)44(39-25(6)22(3)27(8)51(62)46(39)45)49-52(63)31(12)37(33-17-18-33)54(65)55(49)66/h32-34,42,48,69-70H,13-20,62-68H2,1-12H3. The third kappa shape index (κ3) is 6.56. The van der Waals surface area contributed by atoms with Gasteiger partial charge in [-0.1, -0.05) is 68.4 Å². The molecule has 3 fully saturated rings. The molecule has 3 nitrogen and oxygen atoms in total. The number of aryl methyl sites for hydroxylation is 3. The Labute approximate surface area is 430 Å². The number of hydrogen-bond acceptors (Lipinski definition) is 3. The van der Waals surface area contributed by atoms with Crippen molar-refractivity contribution >= 4 is 131 Å². The van der Waals surface area contributed by atoms with Gasteiger partial charge in [-0.15, -0.1) is 0 Å². The summed E-state index contributed by atoms with van der Waals surface area (Å²) in [7, 11) is 16.2. The average molecular weight is 930 g/mol. The van der Waals surface area contributed by atoms with E-state index in [4.69, 9.17) is 4.42 Å². The van der Waals surface area contributed by atoms with Crippen molar-refractivity contribution in [1.82, 2.24) is 0 Å². The zero-order valence-electron chi connectivity index (χ0n) is 46.8. The van der Waals surface area contributed by atoms with E-state index in [0.717, 1.165) is 70.0 Å². The van der Waals surface area contributed by atoms with Gasteiger partial charge in [-0.2, -0.15) is 0 Å². The molecule has 2 unspecified atom stereocenters. The molecule has 1 aromatic heterocycles. The molecule has 11 rings (SSSR count). The molecule has 4 aliphatic rings. The van der Waals surface area contributed by atoms with Crippen LogP contribution in [0, 0.1) is 82.1 Å². The van der Waals surface area contributed by atoms with E-state index in [1.807, 2.05) is 0 Å². The molecule has 7 aromatic rings. The highest BCUT2D eigenvalue weighted by molar-refractivity contribution is 6.56. The zero-order valence-corrected chi connectivity index (χ0v) is 46.8. The summed E-state index contributed by atoms with van der Waals surface area (Å²) in [6.07, 6.45) is 9.13. The minimum absolute atomic E-state index is 0.190. The molecule has 6 aromatic carbocycles. The van der Waals surface area contributed by atoms with Crippen LogP contribution in [0.3, 0.4) is 0 Å². The fourth-order valence-electron chi connectivity index (χ4n) is 14.9. The molecule has 10 heteroatoms. The third-order valence-corrected chi connectivity index (χ3v) is 20.4. The van der Waals surface area contributed by atoms with Gasteiger partial charge in [0.1, 0.15) is 77.8 Å². The van der Waals surface area contributed by atoms with Crippen LogP contribution >= 0.6 is 0 Å². The Kier molecular flexibility index (Phi) is 11.3. The first-order valence-corrected chi connectivity index (χ1v) is 27.5. The van der Waals surface area contributed by atoms with Crippen LogP contribution < -0.4 is 38.2 Å².